The van der Waals surface area contributed by atoms with Crippen molar-refractivity contribution >= 4 is 21.6 Å². The van der Waals surface area contributed by atoms with Crippen LogP contribution >= 0.6 is 11.6 Å². The Hall–Kier alpha value is -1.09. The molecule has 0 saturated carbocycles. The minimum absolute atomic E-state index is 0.175. The van der Waals surface area contributed by atoms with Gasteiger partial charge in [-0.3, -0.25) is 0 Å². The third-order valence-corrected chi connectivity index (χ3v) is 4.39. The third-order valence-electron chi connectivity index (χ3n) is 2.18. The minimum atomic E-state index is -3.57. The largest absolute Gasteiger partial charge is 0.241 e. The molecular weight excluding hydrogens is 260 g/mol. The highest BCUT2D eigenvalue weighted by atomic mass is 35.5. The van der Waals surface area contributed by atoms with E-state index in [1.54, 1.807) is 19.9 Å². The molecule has 0 aliphatic carbocycles. The number of sulfonamides is 1. The Kier molecular flexibility index (Phi) is 4.52. The van der Waals surface area contributed by atoms with Gasteiger partial charge in [-0.25, -0.2) is 13.1 Å². The van der Waals surface area contributed by atoms with E-state index in [0.29, 0.717) is 11.1 Å². The van der Waals surface area contributed by atoms with Crippen molar-refractivity contribution in [3.05, 3.63) is 29.3 Å². The fourth-order valence-corrected chi connectivity index (χ4v) is 3.02. The molecule has 0 heterocycles. The zero-order valence-electron chi connectivity index (χ0n) is 9.57. The molecule has 0 aromatic heterocycles. The first kappa shape index (κ1) is 14.0. The van der Waals surface area contributed by atoms with Crippen LogP contribution in [0, 0.1) is 18.3 Å². The second-order valence-corrected chi connectivity index (χ2v) is 5.76. The molecule has 0 aliphatic heterocycles. The Morgan fingerprint density at radius 2 is 2.18 bits per heavy atom. The number of benzene rings is 1. The molecule has 1 unspecified atom stereocenters. The predicted molar refractivity (Wildman–Crippen MR) is 66.4 cm³/mol. The topological polar surface area (TPSA) is 70.0 Å². The molecule has 0 bridgehead atoms. The highest BCUT2D eigenvalue weighted by molar-refractivity contribution is 7.89. The van der Waals surface area contributed by atoms with E-state index >= 15 is 0 Å². The lowest BCUT2D eigenvalue weighted by molar-refractivity contribution is 0.570. The summed E-state index contributed by atoms with van der Waals surface area (Å²) in [6.07, 6.45) is 0. The second-order valence-electron chi connectivity index (χ2n) is 3.77. The van der Waals surface area contributed by atoms with Crippen LogP contribution in [-0.4, -0.2) is 20.3 Å². The van der Waals surface area contributed by atoms with Gasteiger partial charge in [0, 0.05) is 11.9 Å². The number of nitriles is 1. The average Bonchev–Trinajstić information content (AvgIpc) is 2.27. The molecule has 92 valence electrons. The third kappa shape index (κ3) is 3.43. The van der Waals surface area contributed by atoms with Crippen LogP contribution in [-0.2, 0) is 10.0 Å². The Morgan fingerprint density at radius 1 is 1.53 bits per heavy atom. The summed E-state index contributed by atoms with van der Waals surface area (Å²) in [5.41, 5.74) is 0.977. The van der Waals surface area contributed by atoms with Gasteiger partial charge in [-0.15, -0.1) is 11.6 Å². The summed E-state index contributed by atoms with van der Waals surface area (Å²) in [7, 11) is -3.57. The van der Waals surface area contributed by atoms with Crippen LogP contribution in [0.15, 0.2) is 23.1 Å². The molecule has 1 aromatic rings. The maximum atomic E-state index is 12.0. The number of aryl methyl sites for hydroxylation is 1. The van der Waals surface area contributed by atoms with Crippen LogP contribution in [0.25, 0.3) is 0 Å². The zero-order valence-corrected chi connectivity index (χ0v) is 11.1. The normalized spacial score (nSPS) is 13.1. The van der Waals surface area contributed by atoms with Gasteiger partial charge in [-0.2, -0.15) is 5.26 Å². The van der Waals surface area contributed by atoms with Gasteiger partial charge in [-0.1, -0.05) is 0 Å². The molecule has 0 spiro atoms. The second kappa shape index (κ2) is 5.50. The summed E-state index contributed by atoms with van der Waals surface area (Å²) in [5, 5.41) is 8.71. The van der Waals surface area contributed by atoms with Gasteiger partial charge in [0.05, 0.1) is 16.5 Å². The fraction of sp³-hybridized carbons (Fsp3) is 0.364. The molecule has 0 amide bonds. The van der Waals surface area contributed by atoms with E-state index in [4.69, 9.17) is 16.9 Å². The SMILES string of the molecule is Cc1cc(C#N)ccc1S(=O)(=O)NC(C)CCl. The van der Waals surface area contributed by atoms with Gasteiger partial charge in [0.25, 0.3) is 0 Å². The summed E-state index contributed by atoms with van der Waals surface area (Å²) < 4.78 is 26.4. The van der Waals surface area contributed by atoms with E-state index in [9.17, 15) is 8.42 Å². The first-order valence-electron chi connectivity index (χ1n) is 4.99. The van der Waals surface area contributed by atoms with Gasteiger partial charge in [0.15, 0.2) is 0 Å². The summed E-state index contributed by atoms with van der Waals surface area (Å²) >= 11 is 5.56. The predicted octanol–water partition coefficient (Wildman–Crippen LogP) is 1.77. The van der Waals surface area contributed by atoms with Crippen molar-refractivity contribution in [3.8, 4) is 6.07 Å². The van der Waals surface area contributed by atoms with E-state index < -0.39 is 10.0 Å². The monoisotopic (exact) mass is 272 g/mol. The number of hydrogen-bond acceptors (Lipinski definition) is 3. The van der Waals surface area contributed by atoms with Crippen LogP contribution in [0.4, 0.5) is 0 Å². The molecule has 0 fully saturated rings. The van der Waals surface area contributed by atoms with Crippen molar-refractivity contribution in [2.75, 3.05) is 5.88 Å². The van der Waals surface area contributed by atoms with Crippen molar-refractivity contribution in [1.82, 2.24) is 4.72 Å². The fourth-order valence-electron chi connectivity index (χ4n) is 1.38. The van der Waals surface area contributed by atoms with Gasteiger partial charge in [-0.05, 0) is 37.6 Å². The molecule has 17 heavy (non-hydrogen) atoms. The lowest BCUT2D eigenvalue weighted by Crippen LogP contribution is -2.34. The molecule has 4 nitrogen and oxygen atoms in total. The number of hydrogen-bond donors (Lipinski definition) is 1. The van der Waals surface area contributed by atoms with Gasteiger partial charge in [0.1, 0.15) is 0 Å². The first-order chi connectivity index (χ1) is 7.90. The van der Waals surface area contributed by atoms with Gasteiger partial charge < -0.3 is 0 Å². The van der Waals surface area contributed by atoms with E-state index in [-0.39, 0.29) is 16.8 Å². The Bertz CT molecular complexity index is 549. The van der Waals surface area contributed by atoms with E-state index in [2.05, 4.69) is 4.72 Å². The number of nitrogens with one attached hydrogen (secondary N) is 1. The number of halogens is 1. The molecule has 6 heteroatoms. The van der Waals surface area contributed by atoms with Crippen molar-refractivity contribution in [2.45, 2.75) is 24.8 Å². The molecule has 0 radical (unpaired) electrons. The van der Waals surface area contributed by atoms with Crippen molar-refractivity contribution in [3.63, 3.8) is 0 Å². The Morgan fingerprint density at radius 3 is 2.65 bits per heavy atom. The lowest BCUT2D eigenvalue weighted by Gasteiger charge is -2.13. The van der Waals surface area contributed by atoms with Crippen molar-refractivity contribution < 1.29 is 8.42 Å². The van der Waals surface area contributed by atoms with Crippen LogP contribution in [0.2, 0.25) is 0 Å². The minimum Gasteiger partial charge on any atom is -0.207 e. The summed E-state index contributed by atoms with van der Waals surface area (Å²) in [4.78, 5) is 0.175. The maximum absolute atomic E-state index is 12.0. The summed E-state index contributed by atoms with van der Waals surface area (Å²) in [6.45, 7) is 3.34. The van der Waals surface area contributed by atoms with Crippen LogP contribution in [0.3, 0.4) is 0 Å². The molecule has 1 N–H and O–H groups in total. The first-order valence-corrected chi connectivity index (χ1v) is 7.01. The van der Waals surface area contributed by atoms with Gasteiger partial charge in [0.2, 0.25) is 10.0 Å². The molecule has 1 aromatic carbocycles. The van der Waals surface area contributed by atoms with Crippen molar-refractivity contribution in [2.24, 2.45) is 0 Å². The molecule has 1 rings (SSSR count). The Labute approximate surface area is 106 Å². The number of alkyl halides is 1. The average molecular weight is 273 g/mol. The Balaban J connectivity index is 3.13. The standard InChI is InChI=1S/C11H13ClN2O2S/c1-8-5-10(7-13)3-4-11(8)17(15,16)14-9(2)6-12/h3-5,9,14H,6H2,1-2H3. The lowest BCUT2D eigenvalue weighted by atomic mass is 10.2. The maximum Gasteiger partial charge on any atom is 0.241 e. The molecule has 0 saturated heterocycles. The van der Waals surface area contributed by atoms with Crippen LogP contribution in [0.1, 0.15) is 18.1 Å². The van der Waals surface area contributed by atoms with E-state index in [0.717, 1.165) is 0 Å². The van der Waals surface area contributed by atoms with Crippen molar-refractivity contribution in [1.29, 1.82) is 5.26 Å². The molecular formula is C11H13ClN2O2S. The zero-order chi connectivity index (χ0) is 13.1. The summed E-state index contributed by atoms with van der Waals surface area (Å²) in [6, 6.07) is 6.07. The van der Waals surface area contributed by atoms with E-state index in [1.807, 2.05) is 6.07 Å². The smallest absolute Gasteiger partial charge is 0.207 e. The highest BCUT2D eigenvalue weighted by Gasteiger charge is 2.19. The number of nitrogens with zero attached hydrogens (tertiary/aromatic N) is 1. The van der Waals surface area contributed by atoms with Gasteiger partial charge >= 0.3 is 0 Å². The molecule has 1 atom stereocenters. The highest BCUT2D eigenvalue weighted by Crippen LogP contribution is 2.16. The quantitative estimate of drug-likeness (QED) is 0.850. The van der Waals surface area contributed by atoms with Crippen LogP contribution < -0.4 is 4.72 Å². The van der Waals surface area contributed by atoms with E-state index in [1.165, 1.54) is 12.1 Å². The number of rotatable bonds is 4. The molecule has 0 aliphatic rings. The summed E-state index contributed by atoms with van der Waals surface area (Å²) in [5.74, 6) is 0.203. The van der Waals surface area contributed by atoms with Crippen LogP contribution in [0.5, 0.6) is 0 Å².